The summed E-state index contributed by atoms with van der Waals surface area (Å²) < 4.78 is 43.1. The summed E-state index contributed by atoms with van der Waals surface area (Å²) in [5, 5.41) is 3.97. The molecule has 0 saturated carbocycles. The van der Waals surface area contributed by atoms with Crippen molar-refractivity contribution in [3.63, 3.8) is 0 Å². The summed E-state index contributed by atoms with van der Waals surface area (Å²) in [5.41, 5.74) is 1.62. The number of methoxy groups -OCH3 is 2. The van der Waals surface area contributed by atoms with E-state index in [-0.39, 0.29) is 23.9 Å². The number of aryl methyl sites for hydroxylation is 1. The molecule has 0 unspecified atom stereocenters. The number of nitrogens with zero attached hydrogens (tertiary/aromatic N) is 3. The van der Waals surface area contributed by atoms with E-state index in [0.29, 0.717) is 22.9 Å². The maximum atomic E-state index is 13.0. The van der Waals surface area contributed by atoms with Crippen LogP contribution in [0.15, 0.2) is 64.5 Å². The van der Waals surface area contributed by atoms with Gasteiger partial charge in [0.05, 0.1) is 25.7 Å². The lowest BCUT2D eigenvalue weighted by molar-refractivity contribution is 0.327. The smallest absolute Gasteiger partial charge is 0.243 e. The number of sulfonamides is 1. The van der Waals surface area contributed by atoms with Crippen molar-refractivity contribution < 1.29 is 22.4 Å². The highest BCUT2D eigenvalue weighted by Crippen LogP contribution is 2.31. The Morgan fingerprint density at radius 3 is 2.43 bits per heavy atom. The van der Waals surface area contributed by atoms with Gasteiger partial charge in [-0.05, 0) is 37.3 Å². The summed E-state index contributed by atoms with van der Waals surface area (Å²) in [6, 6.07) is 11.9. The lowest BCUT2D eigenvalue weighted by Crippen LogP contribution is -2.31. The molecule has 1 aromatic heterocycles. The standard InChI is InChI=1S/C21H23N3O5S/c1-5-12-24(30(25,26)17-9-6-15(2)7-10-17)14-20-22-21(23-29-20)16-8-11-18(27-3)19(13-16)28-4/h5-11,13H,1,12,14H2,2-4H3. The third-order valence-corrected chi connectivity index (χ3v) is 6.24. The molecule has 0 radical (unpaired) electrons. The van der Waals surface area contributed by atoms with E-state index in [2.05, 4.69) is 16.7 Å². The van der Waals surface area contributed by atoms with E-state index in [1.54, 1.807) is 49.6 Å². The fraction of sp³-hybridized carbons (Fsp3) is 0.238. The first-order valence-electron chi connectivity index (χ1n) is 9.11. The van der Waals surface area contributed by atoms with E-state index in [1.165, 1.54) is 17.5 Å². The van der Waals surface area contributed by atoms with E-state index in [1.807, 2.05) is 6.92 Å². The maximum absolute atomic E-state index is 13.0. The predicted octanol–water partition coefficient (Wildman–Crippen LogP) is 3.44. The summed E-state index contributed by atoms with van der Waals surface area (Å²) >= 11 is 0. The van der Waals surface area contributed by atoms with Crippen molar-refractivity contribution in [3.8, 4) is 22.9 Å². The Labute approximate surface area is 175 Å². The van der Waals surface area contributed by atoms with Gasteiger partial charge in [-0.1, -0.05) is 28.9 Å². The van der Waals surface area contributed by atoms with Gasteiger partial charge in [-0.25, -0.2) is 8.42 Å². The van der Waals surface area contributed by atoms with Crippen LogP contribution in [0, 0.1) is 6.92 Å². The van der Waals surface area contributed by atoms with E-state index < -0.39 is 10.0 Å². The van der Waals surface area contributed by atoms with Crippen LogP contribution in [0.2, 0.25) is 0 Å². The highest BCUT2D eigenvalue weighted by atomic mass is 32.2. The second kappa shape index (κ2) is 9.10. The molecule has 0 bridgehead atoms. The van der Waals surface area contributed by atoms with Gasteiger partial charge in [0.25, 0.3) is 0 Å². The number of hydrogen-bond acceptors (Lipinski definition) is 7. The van der Waals surface area contributed by atoms with E-state index in [0.717, 1.165) is 5.56 Å². The predicted molar refractivity (Wildman–Crippen MR) is 112 cm³/mol. The van der Waals surface area contributed by atoms with Gasteiger partial charge in [-0.2, -0.15) is 9.29 Å². The Morgan fingerprint density at radius 2 is 1.80 bits per heavy atom. The molecule has 9 heteroatoms. The first-order valence-corrected chi connectivity index (χ1v) is 10.6. The molecule has 0 atom stereocenters. The summed E-state index contributed by atoms with van der Waals surface area (Å²) in [6.07, 6.45) is 1.51. The fourth-order valence-electron chi connectivity index (χ4n) is 2.81. The Balaban J connectivity index is 1.86. The van der Waals surface area contributed by atoms with Crippen LogP contribution in [0.25, 0.3) is 11.4 Å². The molecule has 3 rings (SSSR count). The molecule has 2 aromatic carbocycles. The Bertz CT molecular complexity index is 1120. The van der Waals surface area contributed by atoms with Gasteiger partial charge in [0.1, 0.15) is 0 Å². The van der Waals surface area contributed by atoms with Crippen LogP contribution >= 0.6 is 0 Å². The van der Waals surface area contributed by atoms with E-state index in [4.69, 9.17) is 14.0 Å². The van der Waals surface area contributed by atoms with Gasteiger partial charge in [0, 0.05) is 12.1 Å². The SMILES string of the molecule is C=CCN(Cc1nc(-c2ccc(OC)c(OC)c2)no1)S(=O)(=O)c1ccc(C)cc1. The summed E-state index contributed by atoms with van der Waals surface area (Å²) in [6.45, 7) is 5.57. The molecular weight excluding hydrogens is 406 g/mol. The maximum Gasteiger partial charge on any atom is 0.243 e. The van der Waals surface area contributed by atoms with Crippen molar-refractivity contribution in [3.05, 3.63) is 66.6 Å². The van der Waals surface area contributed by atoms with Crippen molar-refractivity contribution >= 4 is 10.0 Å². The molecule has 0 aliphatic carbocycles. The largest absolute Gasteiger partial charge is 0.493 e. The van der Waals surface area contributed by atoms with Gasteiger partial charge in [-0.15, -0.1) is 6.58 Å². The average molecular weight is 429 g/mol. The normalized spacial score (nSPS) is 11.5. The van der Waals surface area contributed by atoms with Crippen molar-refractivity contribution in [2.45, 2.75) is 18.4 Å². The number of rotatable bonds is 9. The number of aromatic nitrogens is 2. The number of benzene rings is 2. The van der Waals surface area contributed by atoms with Crippen molar-refractivity contribution in [1.82, 2.24) is 14.4 Å². The minimum Gasteiger partial charge on any atom is -0.493 e. The monoisotopic (exact) mass is 429 g/mol. The van der Waals surface area contributed by atoms with Crippen molar-refractivity contribution in [1.29, 1.82) is 0 Å². The van der Waals surface area contributed by atoms with Crippen molar-refractivity contribution in [2.24, 2.45) is 0 Å². The van der Waals surface area contributed by atoms with Crippen molar-refractivity contribution in [2.75, 3.05) is 20.8 Å². The fourth-order valence-corrected chi connectivity index (χ4v) is 4.17. The third kappa shape index (κ3) is 4.52. The highest BCUT2D eigenvalue weighted by Gasteiger charge is 2.26. The molecule has 0 aliphatic heterocycles. The van der Waals surface area contributed by atoms with Crippen LogP contribution in [0.1, 0.15) is 11.5 Å². The molecule has 1 heterocycles. The minimum atomic E-state index is -3.76. The molecule has 30 heavy (non-hydrogen) atoms. The molecule has 0 amide bonds. The first-order chi connectivity index (χ1) is 14.4. The van der Waals surface area contributed by atoms with Crippen LogP contribution in [0.5, 0.6) is 11.5 Å². The highest BCUT2D eigenvalue weighted by molar-refractivity contribution is 7.89. The lowest BCUT2D eigenvalue weighted by Gasteiger charge is -2.19. The molecule has 0 saturated heterocycles. The van der Waals surface area contributed by atoms with Gasteiger partial charge >= 0.3 is 0 Å². The quantitative estimate of drug-likeness (QED) is 0.481. The minimum absolute atomic E-state index is 0.0808. The molecule has 3 aromatic rings. The molecule has 8 nitrogen and oxygen atoms in total. The zero-order chi connectivity index (χ0) is 21.7. The Morgan fingerprint density at radius 1 is 1.10 bits per heavy atom. The van der Waals surface area contributed by atoms with E-state index in [9.17, 15) is 8.42 Å². The third-order valence-electron chi connectivity index (χ3n) is 4.41. The number of ether oxygens (including phenoxy) is 2. The van der Waals surface area contributed by atoms with Crippen LogP contribution in [0.3, 0.4) is 0 Å². The number of hydrogen-bond donors (Lipinski definition) is 0. The van der Waals surface area contributed by atoms with Gasteiger partial charge in [-0.3, -0.25) is 0 Å². The first kappa shape index (κ1) is 21.5. The second-order valence-electron chi connectivity index (χ2n) is 6.48. The molecule has 0 spiro atoms. The molecule has 0 N–H and O–H groups in total. The summed E-state index contributed by atoms with van der Waals surface area (Å²) in [5.74, 6) is 1.58. The van der Waals surface area contributed by atoms with Gasteiger partial charge in [0.15, 0.2) is 11.5 Å². The van der Waals surface area contributed by atoms with Gasteiger partial charge in [0.2, 0.25) is 21.7 Å². The van der Waals surface area contributed by atoms with Crippen LogP contribution < -0.4 is 9.47 Å². The van der Waals surface area contributed by atoms with Crippen LogP contribution in [-0.4, -0.2) is 43.6 Å². The summed E-state index contributed by atoms with van der Waals surface area (Å²) in [7, 11) is -0.673. The Hall–Kier alpha value is -3.17. The van der Waals surface area contributed by atoms with E-state index >= 15 is 0 Å². The van der Waals surface area contributed by atoms with Crippen LogP contribution in [0.4, 0.5) is 0 Å². The average Bonchev–Trinajstić information content (AvgIpc) is 3.22. The second-order valence-corrected chi connectivity index (χ2v) is 8.42. The molecule has 0 fully saturated rings. The van der Waals surface area contributed by atoms with Gasteiger partial charge < -0.3 is 14.0 Å². The molecule has 158 valence electrons. The van der Waals surface area contributed by atoms with Crippen LogP contribution in [-0.2, 0) is 16.6 Å². The molecule has 0 aliphatic rings. The topological polar surface area (TPSA) is 94.8 Å². The lowest BCUT2D eigenvalue weighted by atomic mass is 10.2. The zero-order valence-electron chi connectivity index (χ0n) is 17.0. The summed E-state index contributed by atoms with van der Waals surface area (Å²) in [4.78, 5) is 4.53. The molecular formula is C21H23N3O5S. The zero-order valence-corrected chi connectivity index (χ0v) is 17.8. The Kier molecular flexibility index (Phi) is 6.53.